The summed E-state index contributed by atoms with van der Waals surface area (Å²) in [5, 5.41) is 6.71. The van der Waals surface area contributed by atoms with Gasteiger partial charge in [0.05, 0.1) is 5.54 Å². The highest BCUT2D eigenvalue weighted by Gasteiger charge is 2.35. The van der Waals surface area contributed by atoms with Crippen LogP contribution in [0.4, 0.5) is 0 Å². The van der Waals surface area contributed by atoms with Crippen molar-refractivity contribution in [3.63, 3.8) is 0 Å². The molecule has 2 fully saturated rings. The molecule has 1 aromatic carbocycles. The fourth-order valence-corrected chi connectivity index (χ4v) is 3.75. The molecule has 4 nitrogen and oxygen atoms in total. The molecule has 142 valence electrons. The second-order valence-corrected chi connectivity index (χ2v) is 7.25. The molecule has 0 aromatic heterocycles. The van der Waals surface area contributed by atoms with E-state index in [9.17, 15) is 4.79 Å². The van der Waals surface area contributed by atoms with Crippen molar-refractivity contribution in [2.45, 2.75) is 57.2 Å². The summed E-state index contributed by atoms with van der Waals surface area (Å²) in [6.07, 6.45) is 5.51. The molecule has 1 aromatic rings. The molecule has 2 atom stereocenters. The van der Waals surface area contributed by atoms with E-state index in [1.54, 1.807) is 0 Å². The van der Waals surface area contributed by atoms with E-state index in [1.807, 2.05) is 6.92 Å². The largest absolute Gasteiger partial charge is 0.350 e. The third kappa shape index (κ3) is 6.14. The zero-order chi connectivity index (χ0) is 16.1. The van der Waals surface area contributed by atoms with E-state index >= 15 is 0 Å². The molecule has 2 aliphatic heterocycles. The molecule has 0 spiro atoms. The summed E-state index contributed by atoms with van der Waals surface area (Å²) in [5.41, 5.74) is 0.973. The van der Waals surface area contributed by atoms with Crippen LogP contribution < -0.4 is 10.6 Å². The molecule has 1 amide bonds. The summed E-state index contributed by atoms with van der Waals surface area (Å²) in [5.74, 6) is 0.184. The Morgan fingerprint density at radius 3 is 2.68 bits per heavy atom. The quantitative estimate of drug-likeness (QED) is 0.833. The van der Waals surface area contributed by atoms with Crippen LogP contribution in [0.5, 0.6) is 0 Å². The summed E-state index contributed by atoms with van der Waals surface area (Å²) in [6, 6.07) is 10.9. The van der Waals surface area contributed by atoms with E-state index in [2.05, 4.69) is 45.9 Å². The predicted molar refractivity (Wildman–Crippen MR) is 108 cm³/mol. The van der Waals surface area contributed by atoms with Crippen LogP contribution in [0, 0.1) is 0 Å². The molecule has 0 radical (unpaired) electrons. The SMILES string of the molecule is CC1(C(=O)NC2CCCN(Cc3ccccc3)C2)CCCCN1.Cl.Cl. The molecule has 0 aliphatic carbocycles. The lowest BCUT2D eigenvalue weighted by Gasteiger charge is -2.38. The van der Waals surface area contributed by atoms with Crippen molar-refractivity contribution in [3.05, 3.63) is 35.9 Å². The molecule has 25 heavy (non-hydrogen) atoms. The fourth-order valence-electron chi connectivity index (χ4n) is 3.75. The molecular weight excluding hydrogens is 357 g/mol. The van der Waals surface area contributed by atoms with Gasteiger partial charge >= 0.3 is 0 Å². The predicted octanol–water partition coefficient (Wildman–Crippen LogP) is 3.14. The highest BCUT2D eigenvalue weighted by Crippen LogP contribution is 2.20. The third-order valence-electron chi connectivity index (χ3n) is 5.21. The number of hydrogen-bond donors (Lipinski definition) is 2. The van der Waals surface area contributed by atoms with Crippen molar-refractivity contribution in [2.24, 2.45) is 0 Å². The Kier molecular flexibility index (Phi) is 9.22. The van der Waals surface area contributed by atoms with Crippen molar-refractivity contribution < 1.29 is 4.79 Å². The molecule has 3 rings (SSSR count). The minimum Gasteiger partial charge on any atom is -0.350 e. The fraction of sp³-hybridized carbons (Fsp3) is 0.632. The van der Waals surface area contributed by atoms with Gasteiger partial charge in [-0.1, -0.05) is 30.3 Å². The summed E-state index contributed by atoms with van der Waals surface area (Å²) in [4.78, 5) is 15.1. The zero-order valence-electron chi connectivity index (χ0n) is 15.0. The lowest BCUT2D eigenvalue weighted by atomic mass is 9.89. The van der Waals surface area contributed by atoms with E-state index < -0.39 is 0 Å². The van der Waals surface area contributed by atoms with Crippen LogP contribution in [0.3, 0.4) is 0 Å². The minimum absolute atomic E-state index is 0. The zero-order valence-corrected chi connectivity index (χ0v) is 16.6. The monoisotopic (exact) mass is 387 g/mol. The summed E-state index contributed by atoms with van der Waals surface area (Å²) in [7, 11) is 0. The van der Waals surface area contributed by atoms with Gasteiger partial charge in [0.2, 0.25) is 5.91 Å². The number of benzene rings is 1. The number of amides is 1. The van der Waals surface area contributed by atoms with Crippen molar-refractivity contribution in [3.8, 4) is 0 Å². The number of rotatable bonds is 4. The van der Waals surface area contributed by atoms with Crippen LogP contribution in [-0.4, -0.2) is 42.0 Å². The maximum atomic E-state index is 12.7. The van der Waals surface area contributed by atoms with Crippen LogP contribution in [0.15, 0.2) is 30.3 Å². The second-order valence-electron chi connectivity index (χ2n) is 7.25. The Labute approximate surface area is 163 Å². The van der Waals surface area contributed by atoms with Crippen LogP contribution in [0.25, 0.3) is 0 Å². The van der Waals surface area contributed by atoms with E-state index in [0.717, 1.165) is 51.9 Å². The molecular formula is C19H31Cl2N3O. The van der Waals surface area contributed by atoms with E-state index in [4.69, 9.17) is 0 Å². The van der Waals surface area contributed by atoms with Gasteiger partial charge < -0.3 is 10.6 Å². The Morgan fingerprint density at radius 2 is 2.00 bits per heavy atom. The molecule has 0 saturated carbocycles. The smallest absolute Gasteiger partial charge is 0.240 e. The number of likely N-dealkylation sites (tertiary alicyclic amines) is 1. The molecule has 2 N–H and O–H groups in total. The topological polar surface area (TPSA) is 44.4 Å². The van der Waals surface area contributed by atoms with Crippen molar-refractivity contribution in [1.29, 1.82) is 0 Å². The Balaban J connectivity index is 0.00000156. The lowest BCUT2D eigenvalue weighted by molar-refractivity contribution is -0.129. The van der Waals surface area contributed by atoms with Gasteiger partial charge in [-0.3, -0.25) is 9.69 Å². The minimum atomic E-state index is -0.375. The van der Waals surface area contributed by atoms with Gasteiger partial charge in [0.25, 0.3) is 0 Å². The van der Waals surface area contributed by atoms with Gasteiger partial charge in [-0.25, -0.2) is 0 Å². The molecule has 2 aliphatic rings. The van der Waals surface area contributed by atoms with Gasteiger partial charge in [-0.05, 0) is 57.7 Å². The van der Waals surface area contributed by atoms with Crippen molar-refractivity contribution >= 4 is 30.7 Å². The number of carbonyl (C=O) groups is 1. The van der Waals surface area contributed by atoms with Crippen LogP contribution >= 0.6 is 24.8 Å². The van der Waals surface area contributed by atoms with E-state index in [-0.39, 0.29) is 42.3 Å². The van der Waals surface area contributed by atoms with Gasteiger partial charge in [0.15, 0.2) is 0 Å². The van der Waals surface area contributed by atoms with Gasteiger partial charge in [0, 0.05) is 19.1 Å². The van der Waals surface area contributed by atoms with E-state index in [0.29, 0.717) is 0 Å². The van der Waals surface area contributed by atoms with Crippen LogP contribution in [0.1, 0.15) is 44.6 Å². The maximum absolute atomic E-state index is 12.7. The normalized spacial score (nSPS) is 26.8. The first-order valence-corrected chi connectivity index (χ1v) is 8.98. The average Bonchev–Trinajstić information content (AvgIpc) is 2.57. The van der Waals surface area contributed by atoms with Crippen LogP contribution in [-0.2, 0) is 11.3 Å². The summed E-state index contributed by atoms with van der Waals surface area (Å²) in [6.45, 7) is 6.05. The summed E-state index contributed by atoms with van der Waals surface area (Å²) < 4.78 is 0. The Hall–Kier alpha value is -0.810. The maximum Gasteiger partial charge on any atom is 0.240 e. The first-order chi connectivity index (χ1) is 11.2. The number of nitrogens with one attached hydrogen (secondary N) is 2. The number of nitrogens with zero attached hydrogens (tertiary/aromatic N) is 1. The van der Waals surface area contributed by atoms with Gasteiger partial charge in [-0.2, -0.15) is 0 Å². The number of piperidine rings is 2. The molecule has 0 bridgehead atoms. The van der Waals surface area contributed by atoms with E-state index in [1.165, 1.54) is 12.0 Å². The molecule has 2 saturated heterocycles. The van der Waals surface area contributed by atoms with Gasteiger partial charge in [-0.15, -0.1) is 24.8 Å². The second kappa shape index (κ2) is 10.4. The summed E-state index contributed by atoms with van der Waals surface area (Å²) >= 11 is 0. The molecule has 6 heteroatoms. The number of halogens is 2. The first kappa shape index (κ1) is 22.2. The lowest BCUT2D eigenvalue weighted by Crippen LogP contribution is -2.60. The average molecular weight is 388 g/mol. The number of hydrogen-bond acceptors (Lipinski definition) is 3. The molecule has 2 unspecified atom stereocenters. The standard InChI is InChI=1S/C19H29N3O.2ClH/c1-19(11-5-6-12-20-19)18(23)21-17-10-7-13-22(15-17)14-16-8-3-2-4-9-16;;/h2-4,8-9,17,20H,5-7,10-15H2,1H3,(H,21,23);2*1H. The Morgan fingerprint density at radius 1 is 1.24 bits per heavy atom. The number of carbonyl (C=O) groups excluding carboxylic acids is 1. The Bertz CT molecular complexity index is 521. The van der Waals surface area contributed by atoms with Crippen LogP contribution in [0.2, 0.25) is 0 Å². The first-order valence-electron chi connectivity index (χ1n) is 8.98. The molecule has 2 heterocycles. The highest BCUT2D eigenvalue weighted by molar-refractivity contribution is 5.86. The van der Waals surface area contributed by atoms with Gasteiger partial charge in [0.1, 0.15) is 0 Å². The van der Waals surface area contributed by atoms with Crippen molar-refractivity contribution in [2.75, 3.05) is 19.6 Å². The third-order valence-corrected chi connectivity index (χ3v) is 5.21. The van der Waals surface area contributed by atoms with Crippen molar-refractivity contribution in [1.82, 2.24) is 15.5 Å². The highest BCUT2D eigenvalue weighted by atomic mass is 35.5.